The number of hydrogen-bond acceptors (Lipinski definition) is 4. The monoisotopic (exact) mass is 396 g/mol. The molecule has 0 spiro atoms. The average molecular weight is 396 g/mol. The molecular weight excluding hydrogens is 368 g/mol. The van der Waals surface area contributed by atoms with Crippen molar-refractivity contribution in [2.75, 3.05) is 26.2 Å². The molecule has 8 heteroatoms. The predicted molar refractivity (Wildman–Crippen MR) is 108 cm³/mol. The van der Waals surface area contributed by atoms with Crippen molar-refractivity contribution < 1.29 is 9.59 Å². The van der Waals surface area contributed by atoms with Crippen LogP contribution in [0, 0.1) is 12.8 Å². The maximum atomic E-state index is 12.6. The molecule has 4 rings (SSSR count). The van der Waals surface area contributed by atoms with Crippen LogP contribution < -0.4 is 5.32 Å². The van der Waals surface area contributed by atoms with Crippen molar-refractivity contribution in [3.63, 3.8) is 0 Å². The van der Waals surface area contributed by atoms with Crippen LogP contribution in [-0.2, 0) is 11.3 Å². The molecule has 0 saturated carbocycles. The first-order valence-corrected chi connectivity index (χ1v) is 10.4. The quantitative estimate of drug-likeness (QED) is 0.858. The molecule has 0 atom stereocenters. The molecule has 4 heterocycles. The highest BCUT2D eigenvalue weighted by molar-refractivity contribution is 5.79. The van der Waals surface area contributed by atoms with Crippen LogP contribution in [-0.4, -0.2) is 62.5 Å². The molecule has 29 heavy (non-hydrogen) atoms. The average Bonchev–Trinajstić information content (AvgIpc) is 3.44. The second-order valence-corrected chi connectivity index (χ2v) is 7.82. The molecule has 0 unspecified atom stereocenters. The molecule has 0 aliphatic carbocycles. The number of pyridine rings is 1. The van der Waals surface area contributed by atoms with Gasteiger partial charge < -0.3 is 15.1 Å². The first-order valence-electron chi connectivity index (χ1n) is 10.4. The second-order valence-electron chi connectivity index (χ2n) is 7.82. The summed E-state index contributed by atoms with van der Waals surface area (Å²) < 4.78 is 1.92. The Morgan fingerprint density at radius 3 is 2.48 bits per heavy atom. The highest BCUT2D eigenvalue weighted by Gasteiger charge is 2.30. The van der Waals surface area contributed by atoms with Crippen molar-refractivity contribution in [3.8, 4) is 5.82 Å². The van der Waals surface area contributed by atoms with Crippen molar-refractivity contribution in [1.29, 1.82) is 0 Å². The highest BCUT2D eigenvalue weighted by Crippen LogP contribution is 2.20. The summed E-state index contributed by atoms with van der Waals surface area (Å²) >= 11 is 0. The van der Waals surface area contributed by atoms with Crippen LogP contribution in [0.2, 0.25) is 0 Å². The van der Waals surface area contributed by atoms with Crippen LogP contribution in [0.5, 0.6) is 0 Å². The minimum atomic E-state index is -0.0326. The van der Waals surface area contributed by atoms with Gasteiger partial charge in [0, 0.05) is 57.2 Å². The third kappa shape index (κ3) is 4.41. The summed E-state index contributed by atoms with van der Waals surface area (Å²) in [6.45, 7) is 5.45. The van der Waals surface area contributed by atoms with Crippen LogP contribution in [0.1, 0.15) is 37.1 Å². The second kappa shape index (κ2) is 8.63. The number of hydrogen-bond donors (Lipinski definition) is 1. The van der Waals surface area contributed by atoms with E-state index in [1.165, 1.54) is 0 Å². The zero-order valence-electron chi connectivity index (χ0n) is 16.9. The van der Waals surface area contributed by atoms with Crippen molar-refractivity contribution in [1.82, 2.24) is 29.7 Å². The molecule has 154 valence electrons. The summed E-state index contributed by atoms with van der Waals surface area (Å²) in [5, 5.41) is 3.05. The number of aromatic nitrogens is 3. The van der Waals surface area contributed by atoms with Gasteiger partial charge in [0.2, 0.25) is 5.91 Å². The normalized spacial score (nSPS) is 17.6. The molecule has 2 aromatic rings. The number of amides is 3. The van der Waals surface area contributed by atoms with Gasteiger partial charge in [-0.15, -0.1) is 0 Å². The Morgan fingerprint density at radius 1 is 1.07 bits per heavy atom. The smallest absolute Gasteiger partial charge is 0.319 e. The fourth-order valence-electron chi connectivity index (χ4n) is 4.10. The molecule has 0 aromatic carbocycles. The van der Waals surface area contributed by atoms with Crippen LogP contribution >= 0.6 is 0 Å². The SMILES string of the molecule is Cc1nccn1-c1cc(CNC(=O)C2CCN(C(=O)N3CCCC3)CC2)ccn1. The van der Waals surface area contributed by atoms with Crippen LogP contribution in [0.15, 0.2) is 30.7 Å². The molecular formula is C21H28N6O2. The molecule has 3 amide bonds. The van der Waals surface area contributed by atoms with E-state index in [4.69, 9.17) is 0 Å². The molecule has 8 nitrogen and oxygen atoms in total. The molecule has 2 fully saturated rings. The number of piperidine rings is 1. The highest BCUT2D eigenvalue weighted by atomic mass is 16.2. The van der Waals surface area contributed by atoms with E-state index >= 15 is 0 Å². The van der Waals surface area contributed by atoms with E-state index in [-0.39, 0.29) is 17.9 Å². The van der Waals surface area contributed by atoms with Gasteiger partial charge >= 0.3 is 6.03 Å². The number of carbonyl (C=O) groups is 2. The molecule has 1 N–H and O–H groups in total. The number of urea groups is 1. The predicted octanol–water partition coefficient (Wildman–Crippen LogP) is 2.12. The largest absolute Gasteiger partial charge is 0.352 e. The maximum absolute atomic E-state index is 12.6. The fourth-order valence-corrected chi connectivity index (χ4v) is 4.10. The van der Waals surface area contributed by atoms with Crippen molar-refractivity contribution in [2.24, 2.45) is 5.92 Å². The molecule has 0 radical (unpaired) electrons. The van der Waals surface area contributed by atoms with E-state index in [2.05, 4.69) is 15.3 Å². The first-order chi connectivity index (χ1) is 14.1. The molecule has 2 aromatic heterocycles. The van der Waals surface area contributed by atoms with Crippen LogP contribution in [0.25, 0.3) is 5.82 Å². The number of imidazole rings is 1. The third-order valence-corrected chi connectivity index (χ3v) is 5.86. The number of nitrogens with zero attached hydrogens (tertiary/aromatic N) is 5. The zero-order chi connectivity index (χ0) is 20.2. The summed E-state index contributed by atoms with van der Waals surface area (Å²) in [6.07, 6.45) is 9.01. The first kappa shape index (κ1) is 19.4. The fraction of sp³-hybridized carbons (Fsp3) is 0.524. The Morgan fingerprint density at radius 2 is 1.79 bits per heavy atom. The van der Waals surface area contributed by atoms with E-state index in [0.717, 1.165) is 56.0 Å². The van der Waals surface area contributed by atoms with Crippen molar-refractivity contribution in [2.45, 2.75) is 39.2 Å². The van der Waals surface area contributed by atoms with Crippen molar-refractivity contribution >= 4 is 11.9 Å². The number of nitrogens with one attached hydrogen (secondary N) is 1. The lowest BCUT2D eigenvalue weighted by Gasteiger charge is -2.34. The Kier molecular flexibility index (Phi) is 5.78. The van der Waals surface area contributed by atoms with Gasteiger partial charge in [-0.05, 0) is 50.3 Å². The van der Waals surface area contributed by atoms with Gasteiger partial charge in [-0.2, -0.15) is 0 Å². The lowest BCUT2D eigenvalue weighted by Crippen LogP contribution is -2.47. The van der Waals surface area contributed by atoms with Crippen LogP contribution in [0.3, 0.4) is 0 Å². The molecule has 0 bridgehead atoms. The molecule has 2 aliphatic rings. The lowest BCUT2D eigenvalue weighted by atomic mass is 9.96. The number of aryl methyl sites for hydroxylation is 1. The van der Waals surface area contributed by atoms with Gasteiger partial charge in [0.15, 0.2) is 0 Å². The summed E-state index contributed by atoms with van der Waals surface area (Å²) in [7, 11) is 0. The number of rotatable bonds is 4. The minimum Gasteiger partial charge on any atom is -0.352 e. The summed E-state index contributed by atoms with van der Waals surface area (Å²) in [5.41, 5.74) is 0.998. The number of carbonyl (C=O) groups excluding carboxylic acids is 2. The van der Waals surface area contributed by atoms with Gasteiger partial charge in [0.1, 0.15) is 11.6 Å². The number of likely N-dealkylation sites (tertiary alicyclic amines) is 2. The van der Waals surface area contributed by atoms with E-state index in [9.17, 15) is 9.59 Å². The standard InChI is InChI=1S/C21H28N6O2/c1-16-22-8-13-27(16)19-14-17(4-7-23-19)15-24-20(28)18-5-11-26(12-6-18)21(29)25-9-2-3-10-25/h4,7-8,13-14,18H,2-3,5-6,9-12,15H2,1H3,(H,24,28). The van der Waals surface area contributed by atoms with E-state index in [1.807, 2.05) is 39.6 Å². The summed E-state index contributed by atoms with van der Waals surface area (Å²) in [6, 6.07) is 4.01. The van der Waals surface area contributed by atoms with Gasteiger partial charge in [0.05, 0.1) is 0 Å². The zero-order valence-corrected chi connectivity index (χ0v) is 16.9. The lowest BCUT2D eigenvalue weighted by molar-refractivity contribution is -0.126. The van der Waals surface area contributed by atoms with Crippen molar-refractivity contribution in [3.05, 3.63) is 42.1 Å². The third-order valence-electron chi connectivity index (χ3n) is 5.86. The Balaban J connectivity index is 1.27. The van der Waals surface area contributed by atoms with E-state index in [0.29, 0.717) is 19.6 Å². The molecule has 2 saturated heterocycles. The Hall–Kier alpha value is -2.90. The maximum Gasteiger partial charge on any atom is 0.319 e. The summed E-state index contributed by atoms with van der Waals surface area (Å²) in [4.78, 5) is 37.5. The minimum absolute atomic E-state index is 0.0326. The van der Waals surface area contributed by atoms with Gasteiger partial charge in [-0.3, -0.25) is 9.36 Å². The van der Waals surface area contributed by atoms with Crippen LogP contribution in [0.4, 0.5) is 4.79 Å². The van der Waals surface area contributed by atoms with Gasteiger partial charge in [0.25, 0.3) is 0 Å². The van der Waals surface area contributed by atoms with Gasteiger partial charge in [-0.25, -0.2) is 14.8 Å². The van der Waals surface area contributed by atoms with E-state index in [1.54, 1.807) is 12.4 Å². The molecule has 2 aliphatic heterocycles. The Bertz CT molecular complexity index is 866. The van der Waals surface area contributed by atoms with E-state index < -0.39 is 0 Å². The Labute approximate surface area is 170 Å². The topological polar surface area (TPSA) is 83.4 Å². The summed E-state index contributed by atoms with van der Waals surface area (Å²) in [5.74, 6) is 1.69. The van der Waals surface area contributed by atoms with Gasteiger partial charge in [-0.1, -0.05) is 0 Å².